The maximum atomic E-state index is 12.8. The monoisotopic (exact) mass is 382 g/mol. The van der Waals surface area contributed by atoms with Crippen molar-refractivity contribution in [3.05, 3.63) is 65.2 Å². The van der Waals surface area contributed by atoms with Crippen molar-refractivity contribution in [2.75, 3.05) is 25.0 Å². The Hall–Kier alpha value is -2.82. The molecule has 2 rings (SSSR count). The van der Waals surface area contributed by atoms with E-state index in [0.29, 0.717) is 31.8 Å². The van der Waals surface area contributed by atoms with Gasteiger partial charge in [-0.2, -0.15) is 0 Å². The van der Waals surface area contributed by atoms with Crippen LogP contribution in [0, 0.1) is 0 Å². The Labute approximate surface area is 167 Å². The van der Waals surface area contributed by atoms with E-state index in [1.165, 1.54) is 5.56 Å². The number of ether oxygens (including phenoxy) is 1. The molecule has 150 valence electrons. The first-order chi connectivity index (χ1) is 13.6. The van der Waals surface area contributed by atoms with Crippen LogP contribution in [0.2, 0.25) is 0 Å². The minimum Gasteiger partial charge on any atom is -0.466 e. The average molecular weight is 383 g/mol. The summed E-state index contributed by atoms with van der Waals surface area (Å²) in [4.78, 5) is 26.1. The van der Waals surface area contributed by atoms with E-state index in [9.17, 15) is 9.59 Å². The zero-order chi connectivity index (χ0) is 20.4. The Morgan fingerprint density at radius 1 is 1.04 bits per heavy atom. The van der Waals surface area contributed by atoms with Gasteiger partial charge in [-0.25, -0.2) is 0 Å². The molecule has 0 bridgehead atoms. The van der Waals surface area contributed by atoms with Crippen LogP contribution in [-0.4, -0.2) is 36.5 Å². The quantitative estimate of drug-likeness (QED) is 0.623. The predicted molar refractivity (Wildman–Crippen MR) is 112 cm³/mol. The molecule has 0 fully saturated rings. The van der Waals surface area contributed by atoms with Crippen LogP contribution < -0.4 is 5.32 Å². The maximum Gasteiger partial charge on any atom is 0.307 e. The van der Waals surface area contributed by atoms with E-state index < -0.39 is 0 Å². The van der Waals surface area contributed by atoms with Gasteiger partial charge in [0.2, 0.25) is 0 Å². The van der Waals surface area contributed by atoms with Gasteiger partial charge >= 0.3 is 5.97 Å². The first-order valence-electron chi connectivity index (χ1n) is 9.94. The van der Waals surface area contributed by atoms with Gasteiger partial charge in [0.05, 0.1) is 13.0 Å². The summed E-state index contributed by atoms with van der Waals surface area (Å²) in [7, 11) is 0. The lowest BCUT2D eigenvalue weighted by atomic mass is 10.1. The number of carbonyl (C=O) groups is 2. The predicted octanol–water partition coefficient (Wildman–Crippen LogP) is 4.28. The summed E-state index contributed by atoms with van der Waals surface area (Å²) in [6.07, 6.45) is 1.18. The van der Waals surface area contributed by atoms with Crippen molar-refractivity contribution < 1.29 is 14.3 Å². The molecule has 5 heteroatoms. The molecule has 1 N–H and O–H groups in total. The summed E-state index contributed by atoms with van der Waals surface area (Å²) in [5.41, 5.74) is 4.06. The van der Waals surface area contributed by atoms with Crippen molar-refractivity contribution in [2.24, 2.45) is 0 Å². The highest BCUT2D eigenvalue weighted by molar-refractivity contribution is 5.94. The van der Waals surface area contributed by atoms with Gasteiger partial charge in [0, 0.05) is 30.9 Å². The molecule has 1 amide bonds. The minimum absolute atomic E-state index is 0.0670. The molecule has 28 heavy (non-hydrogen) atoms. The summed E-state index contributed by atoms with van der Waals surface area (Å²) in [6.45, 7) is 7.73. The van der Waals surface area contributed by atoms with Gasteiger partial charge in [-0.3, -0.25) is 9.59 Å². The third kappa shape index (κ3) is 6.12. The second-order valence-corrected chi connectivity index (χ2v) is 6.50. The third-order valence-electron chi connectivity index (χ3n) is 4.62. The van der Waals surface area contributed by atoms with Crippen LogP contribution in [0.1, 0.15) is 48.7 Å². The van der Waals surface area contributed by atoms with Crippen molar-refractivity contribution >= 4 is 17.6 Å². The highest BCUT2D eigenvalue weighted by Gasteiger charge is 2.16. The van der Waals surface area contributed by atoms with E-state index in [4.69, 9.17) is 4.74 Å². The topological polar surface area (TPSA) is 58.6 Å². The Kier molecular flexibility index (Phi) is 8.53. The molecule has 0 atom stereocenters. The zero-order valence-electron chi connectivity index (χ0n) is 17.0. The highest BCUT2D eigenvalue weighted by atomic mass is 16.5. The fraction of sp³-hybridized carbons (Fsp3) is 0.391. The van der Waals surface area contributed by atoms with Crippen LogP contribution >= 0.6 is 0 Å². The molecule has 2 aromatic rings. The van der Waals surface area contributed by atoms with Crippen molar-refractivity contribution in [1.82, 2.24) is 4.90 Å². The number of esters is 1. The van der Waals surface area contributed by atoms with Crippen LogP contribution in [0.4, 0.5) is 5.69 Å². The molecule has 0 aromatic heterocycles. The summed E-state index contributed by atoms with van der Waals surface area (Å²) in [5, 5.41) is 3.46. The van der Waals surface area contributed by atoms with Gasteiger partial charge in [0.15, 0.2) is 0 Å². The number of aryl methyl sites for hydroxylation is 1. The summed E-state index contributed by atoms with van der Waals surface area (Å²) in [6, 6.07) is 15.9. The first-order valence-corrected chi connectivity index (χ1v) is 9.94. The van der Waals surface area contributed by atoms with Gasteiger partial charge in [0.25, 0.3) is 5.91 Å². The van der Waals surface area contributed by atoms with Gasteiger partial charge in [0.1, 0.15) is 0 Å². The number of carbonyl (C=O) groups excluding carboxylic acids is 2. The number of rotatable bonds is 10. The second-order valence-electron chi connectivity index (χ2n) is 6.50. The Morgan fingerprint density at radius 3 is 2.54 bits per heavy atom. The van der Waals surface area contributed by atoms with E-state index in [1.54, 1.807) is 11.8 Å². The molecular weight excluding hydrogens is 352 g/mol. The highest BCUT2D eigenvalue weighted by Crippen LogP contribution is 2.17. The fourth-order valence-corrected chi connectivity index (χ4v) is 3.06. The third-order valence-corrected chi connectivity index (χ3v) is 4.62. The van der Waals surface area contributed by atoms with E-state index in [2.05, 4.69) is 24.4 Å². The largest absolute Gasteiger partial charge is 0.466 e. The van der Waals surface area contributed by atoms with E-state index >= 15 is 0 Å². The first kappa shape index (κ1) is 21.5. The van der Waals surface area contributed by atoms with Crippen LogP contribution in [0.5, 0.6) is 0 Å². The molecule has 0 aliphatic carbocycles. The molecule has 0 spiro atoms. The standard InChI is InChI=1S/C23H30N2O3/c1-4-19-11-7-8-13-21(19)24-17-18-10-9-12-20(16-18)23(27)25(5-2)15-14-22(26)28-6-3/h7-13,16,24H,4-6,14-15,17H2,1-3H3. The van der Waals surface area contributed by atoms with E-state index in [1.807, 2.05) is 43.3 Å². The molecule has 0 aliphatic rings. The number of nitrogens with one attached hydrogen (secondary N) is 1. The van der Waals surface area contributed by atoms with Crippen LogP contribution in [0.3, 0.4) is 0 Å². The average Bonchev–Trinajstić information content (AvgIpc) is 2.73. The summed E-state index contributed by atoms with van der Waals surface area (Å²) in [5.74, 6) is -0.344. The molecule has 0 unspecified atom stereocenters. The number of anilines is 1. The number of nitrogens with zero attached hydrogens (tertiary/aromatic N) is 1. The summed E-state index contributed by atoms with van der Waals surface area (Å²) >= 11 is 0. The smallest absolute Gasteiger partial charge is 0.307 e. The zero-order valence-corrected chi connectivity index (χ0v) is 17.0. The van der Waals surface area contributed by atoms with Gasteiger partial charge in [-0.15, -0.1) is 0 Å². The fourth-order valence-electron chi connectivity index (χ4n) is 3.06. The lowest BCUT2D eigenvalue weighted by molar-refractivity contribution is -0.143. The van der Waals surface area contributed by atoms with Crippen molar-refractivity contribution in [1.29, 1.82) is 0 Å². The molecule has 0 saturated carbocycles. The molecule has 0 radical (unpaired) electrons. The van der Waals surface area contributed by atoms with Gasteiger partial charge in [-0.05, 0) is 49.6 Å². The second kappa shape index (κ2) is 11.1. The lowest BCUT2D eigenvalue weighted by Gasteiger charge is -2.21. The van der Waals surface area contributed by atoms with Crippen LogP contribution in [0.25, 0.3) is 0 Å². The van der Waals surface area contributed by atoms with Gasteiger partial charge < -0.3 is 15.0 Å². The van der Waals surface area contributed by atoms with E-state index in [0.717, 1.165) is 17.7 Å². The van der Waals surface area contributed by atoms with Gasteiger partial charge in [-0.1, -0.05) is 37.3 Å². The Bertz CT molecular complexity index is 789. The molecule has 2 aromatic carbocycles. The minimum atomic E-state index is -0.277. The Balaban J connectivity index is 2.02. The molecule has 0 aliphatic heterocycles. The maximum absolute atomic E-state index is 12.8. The number of hydrogen-bond acceptors (Lipinski definition) is 4. The van der Waals surface area contributed by atoms with Crippen LogP contribution in [-0.2, 0) is 22.5 Å². The number of hydrogen-bond donors (Lipinski definition) is 1. The summed E-state index contributed by atoms with van der Waals surface area (Å²) < 4.78 is 4.95. The molecule has 0 saturated heterocycles. The molecular formula is C23H30N2O3. The normalized spacial score (nSPS) is 10.4. The Morgan fingerprint density at radius 2 is 1.82 bits per heavy atom. The number of para-hydroxylation sites is 1. The number of benzene rings is 2. The number of amides is 1. The lowest BCUT2D eigenvalue weighted by Crippen LogP contribution is -2.33. The van der Waals surface area contributed by atoms with Crippen molar-refractivity contribution in [2.45, 2.75) is 40.2 Å². The van der Waals surface area contributed by atoms with Crippen molar-refractivity contribution in [3.63, 3.8) is 0 Å². The molecule has 5 nitrogen and oxygen atoms in total. The van der Waals surface area contributed by atoms with Crippen molar-refractivity contribution in [3.8, 4) is 0 Å². The van der Waals surface area contributed by atoms with Crippen LogP contribution in [0.15, 0.2) is 48.5 Å². The van der Waals surface area contributed by atoms with E-state index in [-0.39, 0.29) is 18.3 Å². The SMILES string of the molecule is CCOC(=O)CCN(CC)C(=O)c1cccc(CNc2ccccc2CC)c1. The molecule has 0 heterocycles.